The van der Waals surface area contributed by atoms with Crippen molar-refractivity contribution in [2.45, 2.75) is 13.8 Å². The number of anilines is 1. The van der Waals surface area contributed by atoms with Gasteiger partial charge in [-0.3, -0.25) is 14.8 Å². The standard InChI is InChI=1S/C16H16N4OS/c1-10-4-5-11(2)12(8-10)13-9-22-16(18-13)19-15(21)14-6-7-17-20(14)3/h4-9H,1-3H3,(H,18,19,21). The zero-order valence-corrected chi connectivity index (χ0v) is 13.4. The Morgan fingerprint density at radius 3 is 2.82 bits per heavy atom. The van der Waals surface area contributed by atoms with E-state index in [0.29, 0.717) is 10.8 Å². The van der Waals surface area contributed by atoms with Crippen LogP contribution in [-0.2, 0) is 7.05 Å². The van der Waals surface area contributed by atoms with Gasteiger partial charge in [-0.05, 0) is 31.5 Å². The number of hydrogen-bond donors (Lipinski definition) is 1. The van der Waals surface area contributed by atoms with Crippen LogP contribution in [0, 0.1) is 13.8 Å². The van der Waals surface area contributed by atoms with Crippen molar-refractivity contribution < 1.29 is 4.79 Å². The summed E-state index contributed by atoms with van der Waals surface area (Å²) in [6, 6.07) is 7.94. The summed E-state index contributed by atoms with van der Waals surface area (Å²) in [4.78, 5) is 16.7. The number of nitrogens with zero attached hydrogens (tertiary/aromatic N) is 3. The van der Waals surface area contributed by atoms with E-state index < -0.39 is 0 Å². The summed E-state index contributed by atoms with van der Waals surface area (Å²) < 4.78 is 1.54. The maximum Gasteiger partial charge on any atom is 0.275 e. The van der Waals surface area contributed by atoms with Crippen LogP contribution in [0.4, 0.5) is 5.13 Å². The summed E-state index contributed by atoms with van der Waals surface area (Å²) in [6.45, 7) is 4.11. The molecular formula is C16H16N4OS. The lowest BCUT2D eigenvalue weighted by Crippen LogP contribution is -2.15. The minimum absolute atomic E-state index is 0.207. The molecule has 0 saturated carbocycles. The van der Waals surface area contributed by atoms with Crippen molar-refractivity contribution in [1.29, 1.82) is 0 Å². The van der Waals surface area contributed by atoms with Gasteiger partial charge in [0.05, 0.1) is 5.69 Å². The molecule has 2 heterocycles. The lowest BCUT2D eigenvalue weighted by molar-refractivity contribution is 0.101. The van der Waals surface area contributed by atoms with Crippen LogP contribution in [0.5, 0.6) is 0 Å². The molecular weight excluding hydrogens is 296 g/mol. The quantitative estimate of drug-likeness (QED) is 0.806. The third-order valence-electron chi connectivity index (χ3n) is 3.45. The van der Waals surface area contributed by atoms with Crippen LogP contribution in [0.1, 0.15) is 21.6 Å². The second kappa shape index (κ2) is 5.73. The number of aryl methyl sites for hydroxylation is 3. The van der Waals surface area contributed by atoms with Gasteiger partial charge in [-0.25, -0.2) is 4.98 Å². The Morgan fingerprint density at radius 1 is 1.27 bits per heavy atom. The summed E-state index contributed by atoms with van der Waals surface area (Å²) >= 11 is 1.42. The fraction of sp³-hybridized carbons (Fsp3) is 0.188. The molecule has 0 unspecified atom stereocenters. The molecule has 6 heteroatoms. The summed E-state index contributed by atoms with van der Waals surface area (Å²) in [5.41, 5.74) is 4.83. The van der Waals surface area contributed by atoms with Crippen molar-refractivity contribution in [3.05, 3.63) is 52.7 Å². The number of amides is 1. The first kappa shape index (κ1) is 14.5. The number of rotatable bonds is 3. The molecule has 0 spiro atoms. The molecule has 0 fully saturated rings. The molecule has 0 aliphatic carbocycles. The van der Waals surface area contributed by atoms with Crippen molar-refractivity contribution in [3.63, 3.8) is 0 Å². The molecule has 112 valence electrons. The normalized spacial score (nSPS) is 10.7. The lowest BCUT2D eigenvalue weighted by Gasteiger charge is -2.04. The van der Waals surface area contributed by atoms with Crippen LogP contribution in [0.2, 0.25) is 0 Å². The van der Waals surface area contributed by atoms with Crippen molar-refractivity contribution in [3.8, 4) is 11.3 Å². The number of carbonyl (C=O) groups is 1. The Kier molecular flexibility index (Phi) is 3.77. The van der Waals surface area contributed by atoms with Crippen molar-refractivity contribution in [2.75, 3.05) is 5.32 Å². The van der Waals surface area contributed by atoms with E-state index in [2.05, 4.69) is 47.4 Å². The predicted molar refractivity (Wildman–Crippen MR) is 88.2 cm³/mol. The first-order chi connectivity index (χ1) is 10.5. The van der Waals surface area contributed by atoms with Gasteiger partial charge in [-0.1, -0.05) is 17.7 Å². The van der Waals surface area contributed by atoms with Gasteiger partial charge in [0, 0.05) is 24.2 Å². The maximum atomic E-state index is 12.2. The van der Waals surface area contributed by atoms with Gasteiger partial charge in [-0.2, -0.15) is 5.10 Å². The first-order valence-electron chi connectivity index (χ1n) is 6.87. The van der Waals surface area contributed by atoms with E-state index in [1.54, 1.807) is 19.3 Å². The zero-order valence-electron chi connectivity index (χ0n) is 12.6. The molecule has 3 aromatic rings. The molecule has 0 bridgehead atoms. The number of carbonyl (C=O) groups excluding carboxylic acids is 1. The number of hydrogen-bond acceptors (Lipinski definition) is 4. The van der Waals surface area contributed by atoms with Crippen LogP contribution >= 0.6 is 11.3 Å². The Labute approximate surface area is 132 Å². The molecule has 0 saturated heterocycles. The third kappa shape index (κ3) is 2.78. The molecule has 0 atom stereocenters. The average molecular weight is 312 g/mol. The van der Waals surface area contributed by atoms with Crippen LogP contribution in [0.3, 0.4) is 0 Å². The van der Waals surface area contributed by atoms with E-state index in [4.69, 9.17) is 0 Å². The molecule has 22 heavy (non-hydrogen) atoms. The minimum Gasteiger partial charge on any atom is -0.296 e. The number of nitrogens with one attached hydrogen (secondary N) is 1. The predicted octanol–water partition coefficient (Wildman–Crippen LogP) is 3.41. The molecule has 1 amide bonds. The number of benzene rings is 1. The fourth-order valence-electron chi connectivity index (χ4n) is 2.22. The molecule has 1 N–H and O–H groups in total. The van der Waals surface area contributed by atoms with E-state index in [1.807, 2.05) is 5.38 Å². The van der Waals surface area contributed by atoms with Gasteiger partial charge in [0.2, 0.25) is 0 Å². The van der Waals surface area contributed by atoms with E-state index >= 15 is 0 Å². The van der Waals surface area contributed by atoms with Crippen LogP contribution in [-0.4, -0.2) is 20.7 Å². The zero-order chi connectivity index (χ0) is 15.7. The molecule has 0 aliphatic rings. The van der Waals surface area contributed by atoms with E-state index in [9.17, 15) is 4.79 Å². The van der Waals surface area contributed by atoms with Crippen molar-refractivity contribution in [1.82, 2.24) is 14.8 Å². The topological polar surface area (TPSA) is 59.8 Å². The van der Waals surface area contributed by atoms with Crippen molar-refractivity contribution in [2.24, 2.45) is 7.05 Å². The summed E-state index contributed by atoms with van der Waals surface area (Å²) in [5, 5.41) is 9.35. The highest BCUT2D eigenvalue weighted by atomic mass is 32.1. The first-order valence-corrected chi connectivity index (χ1v) is 7.75. The van der Waals surface area contributed by atoms with Gasteiger partial charge in [-0.15, -0.1) is 11.3 Å². The number of thiazole rings is 1. The maximum absolute atomic E-state index is 12.2. The SMILES string of the molecule is Cc1ccc(C)c(-c2csc(NC(=O)c3ccnn3C)n2)c1. The third-order valence-corrected chi connectivity index (χ3v) is 4.20. The van der Waals surface area contributed by atoms with Gasteiger partial charge in [0.1, 0.15) is 5.69 Å². The summed E-state index contributed by atoms with van der Waals surface area (Å²) in [7, 11) is 1.73. The highest BCUT2D eigenvalue weighted by molar-refractivity contribution is 7.14. The lowest BCUT2D eigenvalue weighted by atomic mass is 10.0. The molecule has 2 aromatic heterocycles. The van der Waals surface area contributed by atoms with Crippen LogP contribution in [0.15, 0.2) is 35.8 Å². The molecule has 0 aliphatic heterocycles. The molecule has 0 radical (unpaired) electrons. The van der Waals surface area contributed by atoms with Gasteiger partial charge in [0.15, 0.2) is 5.13 Å². The van der Waals surface area contributed by atoms with E-state index in [1.165, 1.54) is 27.1 Å². The highest BCUT2D eigenvalue weighted by Gasteiger charge is 2.13. The van der Waals surface area contributed by atoms with Gasteiger partial charge in [0.25, 0.3) is 5.91 Å². The number of aromatic nitrogens is 3. The minimum atomic E-state index is -0.207. The largest absolute Gasteiger partial charge is 0.296 e. The molecule has 1 aromatic carbocycles. The van der Waals surface area contributed by atoms with E-state index in [-0.39, 0.29) is 5.91 Å². The molecule has 3 rings (SSSR count). The Balaban J connectivity index is 1.84. The summed E-state index contributed by atoms with van der Waals surface area (Å²) in [6.07, 6.45) is 1.60. The second-order valence-corrected chi connectivity index (χ2v) is 6.01. The monoisotopic (exact) mass is 312 g/mol. The van der Waals surface area contributed by atoms with Crippen molar-refractivity contribution >= 4 is 22.4 Å². The van der Waals surface area contributed by atoms with Crippen LogP contribution < -0.4 is 5.32 Å². The van der Waals surface area contributed by atoms with Gasteiger partial charge >= 0.3 is 0 Å². The van der Waals surface area contributed by atoms with E-state index in [0.717, 1.165) is 11.3 Å². The average Bonchev–Trinajstić information content (AvgIpc) is 3.10. The fourth-order valence-corrected chi connectivity index (χ4v) is 2.93. The molecule has 5 nitrogen and oxygen atoms in total. The Morgan fingerprint density at radius 2 is 2.09 bits per heavy atom. The highest BCUT2D eigenvalue weighted by Crippen LogP contribution is 2.28. The second-order valence-electron chi connectivity index (χ2n) is 5.15. The Hall–Kier alpha value is -2.47. The Bertz CT molecular complexity index is 834. The summed E-state index contributed by atoms with van der Waals surface area (Å²) in [5.74, 6) is -0.207. The van der Waals surface area contributed by atoms with Crippen LogP contribution in [0.25, 0.3) is 11.3 Å². The van der Waals surface area contributed by atoms with Gasteiger partial charge < -0.3 is 0 Å². The smallest absolute Gasteiger partial charge is 0.275 e.